The molecule has 0 fully saturated rings. The van der Waals surface area contributed by atoms with E-state index in [0.717, 1.165) is 30.3 Å². The van der Waals surface area contributed by atoms with Crippen LogP contribution in [0.3, 0.4) is 0 Å². The Balaban J connectivity index is 1.84. The fourth-order valence-electron chi connectivity index (χ4n) is 3.95. The van der Waals surface area contributed by atoms with E-state index < -0.39 is 16.9 Å². The zero-order chi connectivity index (χ0) is 22.0. The van der Waals surface area contributed by atoms with Crippen molar-refractivity contribution in [2.24, 2.45) is 0 Å². The number of esters is 1. The van der Waals surface area contributed by atoms with Crippen LogP contribution in [0.5, 0.6) is 0 Å². The van der Waals surface area contributed by atoms with Crippen LogP contribution in [0.1, 0.15) is 44.7 Å². The maximum atomic E-state index is 13.2. The molecule has 1 aliphatic rings. The highest BCUT2D eigenvalue weighted by Gasteiger charge is 2.35. The van der Waals surface area contributed by atoms with E-state index in [-0.39, 0.29) is 5.69 Å². The second-order valence-corrected chi connectivity index (χ2v) is 7.56. The molecule has 1 unspecified atom stereocenters. The number of fused-ring (bicyclic) bond motifs is 3. The lowest BCUT2D eigenvalue weighted by atomic mass is 9.94. The number of hydrogen-bond donors (Lipinski definition) is 1. The second-order valence-electron chi connectivity index (χ2n) is 7.56. The van der Waals surface area contributed by atoms with Crippen molar-refractivity contribution in [1.29, 1.82) is 0 Å². The van der Waals surface area contributed by atoms with E-state index in [1.807, 2.05) is 28.8 Å². The molecule has 0 bridgehead atoms. The number of para-hydroxylation sites is 2. The molecule has 4 rings (SSSR count). The number of aromatic nitrogens is 2. The Morgan fingerprint density at radius 2 is 2.03 bits per heavy atom. The quantitative estimate of drug-likeness (QED) is 0.251. The highest BCUT2D eigenvalue weighted by atomic mass is 16.6. The average Bonchev–Trinajstić information content (AvgIpc) is 3.13. The Morgan fingerprint density at radius 1 is 1.23 bits per heavy atom. The molecule has 1 aromatic heterocycles. The highest BCUT2D eigenvalue weighted by molar-refractivity contribution is 5.94. The van der Waals surface area contributed by atoms with Crippen molar-refractivity contribution in [1.82, 2.24) is 9.55 Å². The second kappa shape index (κ2) is 8.59. The minimum absolute atomic E-state index is 0.0321. The smallest absolute Gasteiger partial charge is 0.338 e. The number of unbranched alkanes of at least 4 members (excludes halogenated alkanes) is 2. The Morgan fingerprint density at radius 3 is 2.81 bits per heavy atom. The van der Waals surface area contributed by atoms with Gasteiger partial charge in [0.25, 0.3) is 5.69 Å². The van der Waals surface area contributed by atoms with Crippen LogP contribution in [0.15, 0.2) is 59.8 Å². The number of nitro benzene ring substituents is 1. The van der Waals surface area contributed by atoms with Crippen molar-refractivity contribution in [2.75, 3.05) is 11.9 Å². The fourth-order valence-corrected chi connectivity index (χ4v) is 3.95. The first-order valence-corrected chi connectivity index (χ1v) is 10.4. The third-order valence-corrected chi connectivity index (χ3v) is 5.43. The zero-order valence-electron chi connectivity index (χ0n) is 17.5. The van der Waals surface area contributed by atoms with Gasteiger partial charge in [0.2, 0.25) is 5.95 Å². The lowest BCUT2D eigenvalue weighted by molar-refractivity contribution is -0.384. The standard InChI is InChI=1S/C23H24N4O4/c1-3-4-7-13-31-22(28)20-15(2)24-23-25-18-11-5-6-12-19(18)26(23)21(20)16-9-8-10-17(14-16)27(29)30/h5-6,8-12,14,21H,3-4,7,13H2,1-2H3,(H,24,25). The lowest BCUT2D eigenvalue weighted by Gasteiger charge is -2.30. The zero-order valence-corrected chi connectivity index (χ0v) is 17.5. The summed E-state index contributed by atoms with van der Waals surface area (Å²) in [5, 5.41) is 14.6. The molecule has 8 heteroatoms. The van der Waals surface area contributed by atoms with Gasteiger partial charge in [-0.2, -0.15) is 0 Å². The Labute approximate surface area is 179 Å². The number of nitrogens with zero attached hydrogens (tertiary/aromatic N) is 3. The number of hydrogen-bond acceptors (Lipinski definition) is 6. The van der Waals surface area contributed by atoms with Crippen LogP contribution in [-0.2, 0) is 9.53 Å². The number of nitro groups is 1. The first kappa shape index (κ1) is 20.6. The van der Waals surface area contributed by atoms with E-state index >= 15 is 0 Å². The van der Waals surface area contributed by atoms with Crippen molar-refractivity contribution in [3.05, 3.63) is 75.5 Å². The van der Waals surface area contributed by atoms with Crippen LogP contribution in [0.4, 0.5) is 11.6 Å². The summed E-state index contributed by atoms with van der Waals surface area (Å²) in [5.74, 6) is 0.152. The number of allylic oxidation sites excluding steroid dienone is 1. The molecule has 8 nitrogen and oxygen atoms in total. The molecule has 3 aromatic rings. The first-order valence-electron chi connectivity index (χ1n) is 10.4. The maximum absolute atomic E-state index is 13.2. The average molecular weight is 420 g/mol. The molecule has 0 radical (unpaired) electrons. The van der Waals surface area contributed by atoms with Crippen molar-refractivity contribution in [3.63, 3.8) is 0 Å². The van der Waals surface area contributed by atoms with Gasteiger partial charge in [0, 0.05) is 17.8 Å². The van der Waals surface area contributed by atoms with E-state index in [1.54, 1.807) is 19.1 Å². The monoisotopic (exact) mass is 420 g/mol. The van der Waals surface area contributed by atoms with Gasteiger partial charge in [-0.3, -0.25) is 14.7 Å². The van der Waals surface area contributed by atoms with Gasteiger partial charge in [0.1, 0.15) is 0 Å². The fraction of sp³-hybridized carbons (Fsp3) is 0.304. The summed E-state index contributed by atoms with van der Waals surface area (Å²) in [6.45, 7) is 4.22. The van der Waals surface area contributed by atoms with Gasteiger partial charge in [0.15, 0.2) is 0 Å². The third-order valence-electron chi connectivity index (χ3n) is 5.43. The van der Waals surface area contributed by atoms with Gasteiger partial charge >= 0.3 is 5.97 Å². The van der Waals surface area contributed by atoms with Crippen LogP contribution in [0, 0.1) is 10.1 Å². The molecule has 0 amide bonds. The number of carbonyl (C=O) groups excluding carboxylic acids is 1. The number of non-ortho nitro benzene ring substituents is 1. The van der Waals surface area contributed by atoms with Gasteiger partial charge in [-0.25, -0.2) is 9.78 Å². The third kappa shape index (κ3) is 3.88. The summed E-state index contributed by atoms with van der Waals surface area (Å²) in [6, 6.07) is 13.4. The van der Waals surface area contributed by atoms with Crippen LogP contribution < -0.4 is 5.32 Å². The molecule has 0 saturated heterocycles. The molecule has 0 saturated carbocycles. The van der Waals surface area contributed by atoms with Crippen molar-refractivity contribution in [2.45, 2.75) is 39.2 Å². The summed E-state index contributed by atoms with van der Waals surface area (Å²) in [6.07, 6.45) is 2.80. The highest BCUT2D eigenvalue weighted by Crippen LogP contribution is 2.40. The predicted octanol–water partition coefficient (Wildman–Crippen LogP) is 4.97. The number of rotatable bonds is 7. The number of nitrogens with one attached hydrogen (secondary N) is 1. The molecule has 1 atom stereocenters. The Bertz CT molecular complexity index is 1180. The SMILES string of the molecule is CCCCCOC(=O)C1=C(C)Nc2nc3ccccc3n2C1c1cccc([N+](=O)[O-])c1. The van der Waals surface area contributed by atoms with Crippen molar-refractivity contribution in [3.8, 4) is 0 Å². The van der Waals surface area contributed by atoms with Crippen LogP contribution >= 0.6 is 0 Å². The molecule has 0 aliphatic carbocycles. The van der Waals surface area contributed by atoms with E-state index in [0.29, 0.717) is 29.4 Å². The molecular formula is C23H24N4O4. The summed E-state index contributed by atoms with van der Waals surface area (Å²) in [4.78, 5) is 28.8. The number of imidazole rings is 1. The Hall–Kier alpha value is -3.68. The molecule has 1 N–H and O–H groups in total. The van der Waals surface area contributed by atoms with Gasteiger partial charge in [-0.1, -0.05) is 44.0 Å². The first-order chi connectivity index (χ1) is 15.0. The largest absolute Gasteiger partial charge is 0.462 e. The predicted molar refractivity (Wildman–Crippen MR) is 118 cm³/mol. The van der Waals surface area contributed by atoms with Gasteiger partial charge in [-0.05, 0) is 31.0 Å². The summed E-state index contributed by atoms with van der Waals surface area (Å²) >= 11 is 0. The van der Waals surface area contributed by atoms with E-state index in [1.165, 1.54) is 12.1 Å². The minimum atomic E-state index is -0.595. The van der Waals surface area contributed by atoms with E-state index in [4.69, 9.17) is 4.74 Å². The van der Waals surface area contributed by atoms with Gasteiger partial charge in [0.05, 0.1) is 34.2 Å². The normalized spacial score (nSPS) is 15.5. The summed E-state index contributed by atoms with van der Waals surface area (Å²) < 4.78 is 7.49. The minimum Gasteiger partial charge on any atom is -0.462 e. The topological polar surface area (TPSA) is 99.3 Å². The molecule has 1 aliphatic heterocycles. The summed E-state index contributed by atoms with van der Waals surface area (Å²) in [5.41, 5.74) is 3.24. The molecule has 2 aromatic carbocycles. The Kier molecular flexibility index (Phi) is 5.70. The molecule has 31 heavy (non-hydrogen) atoms. The van der Waals surface area contributed by atoms with Gasteiger partial charge < -0.3 is 10.1 Å². The lowest BCUT2D eigenvalue weighted by Crippen LogP contribution is -2.29. The molecule has 160 valence electrons. The van der Waals surface area contributed by atoms with Crippen LogP contribution in [0.25, 0.3) is 11.0 Å². The number of carbonyl (C=O) groups is 1. The number of ether oxygens (including phenoxy) is 1. The van der Waals surface area contributed by atoms with Gasteiger partial charge in [-0.15, -0.1) is 0 Å². The molecule has 0 spiro atoms. The number of benzene rings is 2. The van der Waals surface area contributed by atoms with Crippen LogP contribution in [0.2, 0.25) is 0 Å². The number of anilines is 1. The molecule has 2 heterocycles. The van der Waals surface area contributed by atoms with E-state index in [2.05, 4.69) is 17.2 Å². The van der Waals surface area contributed by atoms with Crippen molar-refractivity contribution < 1.29 is 14.5 Å². The van der Waals surface area contributed by atoms with Crippen molar-refractivity contribution >= 4 is 28.6 Å². The summed E-state index contributed by atoms with van der Waals surface area (Å²) in [7, 11) is 0. The molecular weight excluding hydrogens is 396 g/mol. The van der Waals surface area contributed by atoms with E-state index in [9.17, 15) is 14.9 Å². The van der Waals surface area contributed by atoms with Crippen LogP contribution in [-0.4, -0.2) is 27.1 Å². The maximum Gasteiger partial charge on any atom is 0.338 e.